The van der Waals surface area contributed by atoms with Crippen LogP contribution >= 0.6 is 0 Å². The molecule has 0 aliphatic carbocycles. The van der Waals surface area contributed by atoms with Crippen molar-refractivity contribution in [3.8, 4) is 0 Å². The van der Waals surface area contributed by atoms with Crippen molar-refractivity contribution >= 4 is 10.4 Å². The third kappa shape index (κ3) is 113. The van der Waals surface area contributed by atoms with Gasteiger partial charge in [0.25, 0.3) is 0 Å². The third-order valence-electron chi connectivity index (χ3n) is 0.471. The van der Waals surface area contributed by atoms with E-state index in [0.717, 1.165) is 0 Å². The molecule has 0 radical (unpaired) electrons. The Bertz CT molecular complexity index is 198. The molecule has 0 aliphatic heterocycles. The van der Waals surface area contributed by atoms with Crippen LogP contribution in [0, 0.1) is 0 Å². The summed E-state index contributed by atoms with van der Waals surface area (Å²) >= 11 is 0. The second-order valence-corrected chi connectivity index (χ2v) is 2.46. The van der Waals surface area contributed by atoms with Gasteiger partial charge in [0.1, 0.15) is 0 Å². The minimum Gasteiger partial charge on any atom is -0.373 e. The lowest BCUT2D eigenvalue weighted by molar-refractivity contribution is 0.194. The van der Waals surface area contributed by atoms with Crippen LogP contribution in [0.1, 0.15) is 0 Å². The van der Waals surface area contributed by atoms with Gasteiger partial charge in [-0.2, -0.15) is 8.42 Å². The topological polar surface area (TPSA) is 154 Å². The van der Waals surface area contributed by atoms with E-state index < -0.39 is 10.4 Å². The predicted molar refractivity (Wildman–Crippen MR) is 55.4 cm³/mol. The molecular weight excluding hydrogens is 212 g/mol. The van der Waals surface area contributed by atoms with Crippen LogP contribution in [0.15, 0.2) is 25.3 Å². The molecular formula is C6H18N2O5S. The van der Waals surface area contributed by atoms with Gasteiger partial charge < -0.3 is 17.0 Å². The Hall–Kier alpha value is -0.770. The molecule has 0 aromatic carbocycles. The highest BCUT2D eigenvalue weighted by molar-refractivity contribution is 7.79. The Morgan fingerprint density at radius 1 is 1.07 bits per heavy atom. The van der Waals surface area contributed by atoms with Crippen molar-refractivity contribution in [2.45, 2.75) is 0 Å². The first-order valence-electron chi connectivity index (χ1n) is 2.91. The molecule has 0 rings (SSSR count). The largest absolute Gasteiger partial charge is 0.394 e. The molecule has 8 heteroatoms. The van der Waals surface area contributed by atoms with Crippen molar-refractivity contribution in [2.75, 3.05) is 13.2 Å². The van der Waals surface area contributed by atoms with E-state index in [9.17, 15) is 0 Å². The summed E-state index contributed by atoms with van der Waals surface area (Å²) in [5, 5.41) is 0. The molecule has 0 atom stereocenters. The molecule has 88 valence electrons. The predicted octanol–water partition coefficient (Wildman–Crippen LogP) is 1.05. The van der Waals surface area contributed by atoms with Crippen LogP contribution in [0.3, 0.4) is 0 Å². The maximum Gasteiger partial charge on any atom is 0.394 e. The third-order valence-corrected chi connectivity index (χ3v) is 0.471. The maximum atomic E-state index is 8.74. The molecule has 0 aliphatic rings. The lowest BCUT2D eigenvalue weighted by atomic mass is 10.6. The van der Waals surface area contributed by atoms with Crippen LogP contribution in [-0.2, 0) is 15.1 Å². The normalized spacial score (nSPS) is 8.14. The van der Waals surface area contributed by atoms with Crippen LogP contribution in [0.4, 0.5) is 0 Å². The number of ether oxygens (including phenoxy) is 1. The monoisotopic (exact) mass is 230 g/mol. The van der Waals surface area contributed by atoms with Crippen LogP contribution in [0.2, 0.25) is 0 Å². The van der Waals surface area contributed by atoms with Gasteiger partial charge in [-0.05, 0) is 0 Å². The molecule has 0 spiro atoms. The summed E-state index contributed by atoms with van der Waals surface area (Å²) in [4.78, 5) is 0. The van der Waals surface area contributed by atoms with Gasteiger partial charge in [0.2, 0.25) is 0 Å². The zero-order chi connectivity index (χ0) is 10.0. The molecule has 7 nitrogen and oxygen atoms in total. The van der Waals surface area contributed by atoms with E-state index in [0.29, 0.717) is 13.2 Å². The Labute approximate surface area is 84.2 Å². The molecule has 0 fully saturated rings. The fraction of sp³-hybridized carbons (Fsp3) is 0.333. The summed E-state index contributed by atoms with van der Waals surface area (Å²) in [5.74, 6) is 0. The molecule has 14 heavy (non-hydrogen) atoms. The van der Waals surface area contributed by atoms with Crippen LogP contribution < -0.4 is 12.3 Å². The molecule has 8 N–H and O–H groups in total. The first-order chi connectivity index (χ1) is 5.41. The van der Waals surface area contributed by atoms with Crippen LogP contribution in [0.25, 0.3) is 0 Å². The summed E-state index contributed by atoms with van der Waals surface area (Å²) in [5.41, 5.74) is 0. The zero-order valence-electron chi connectivity index (χ0n) is 7.92. The van der Waals surface area contributed by atoms with Crippen molar-refractivity contribution in [3.05, 3.63) is 25.3 Å². The van der Waals surface area contributed by atoms with Crippen molar-refractivity contribution in [3.63, 3.8) is 0 Å². The average Bonchev–Trinajstić information content (AvgIpc) is 1.85. The standard InChI is InChI=1S/C6H10O.2H3N.H2O4S/c1-3-5-7-6-4-2;;;1-5(2,3)4/h3-4H,1-2,5-6H2;2*1H3;(H2,1,2,3,4). The second kappa shape index (κ2) is 14.7. The van der Waals surface area contributed by atoms with Crippen molar-refractivity contribution in [2.24, 2.45) is 0 Å². The van der Waals surface area contributed by atoms with Gasteiger partial charge >= 0.3 is 10.4 Å². The van der Waals surface area contributed by atoms with E-state index in [2.05, 4.69) is 13.2 Å². The molecule has 0 saturated heterocycles. The molecule has 0 bridgehead atoms. The molecule has 0 heterocycles. The van der Waals surface area contributed by atoms with Gasteiger partial charge in [-0.3, -0.25) is 9.11 Å². The fourth-order valence-electron chi connectivity index (χ4n) is 0.235. The lowest BCUT2D eigenvalue weighted by Gasteiger charge is -1.89. The highest BCUT2D eigenvalue weighted by Gasteiger charge is 1.84. The van der Waals surface area contributed by atoms with Gasteiger partial charge in [-0.1, -0.05) is 12.2 Å². The maximum absolute atomic E-state index is 8.74. The van der Waals surface area contributed by atoms with Gasteiger partial charge in [0.05, 0.1) is 13.2 Å². The zero-order valence-corrected chi connectivity index (χ0v) is 8.74. The highest BCUT2D eigenvalue weighted by atomic mass is 32.3. The van der Waals surface area contributed by atoms with Crippen LogP contribution in [-0.4, -0.2) is 30.7 Å². The summed E-state index contributed by atoms with van der Waals surface area (Å²) in [6.07, 6.45) is 3.42. The fourth-order valence-corrected chi connectivity index (χ4v) is 0.235. The van der Waals surface area contributed by atoms with E-state index in [-0.39, 0.29) is 12.3 Å². The van der Waals surface area contributed by atoms with E-state index >= 15 is 0 Å². The van der Waals surface area contributed by atoms with Gasteiger partial charge in [0, 0.05) is 0 Å². The summed E-state index contributed by atoms with van der Waals surface area (Å²) in [6, 6.07) is 0. The van der Waals surface area contributed by atoms with E-state index in [4.69, 9.17) is 22.3 Å². The molecule has 0 aromatic heterocycles. The van der Waals surface area contributed by atoms with Gasteiger partial charge in [-0.25, -0.2) is 0 Å². The summed E-state index contributed by atoms with van der Waals surface area (Å²) in [7, 11) is -4.67. The number of hydrogen-bond donors (Lipinski definition) is 4. The minimum absolute atomic E-state index is 0. The first kappa shape index (κ1) is 23.2. The van der Waals surface area contributed by atoms with Crippen molar-refractivity contribution in [1.82, 2.24) is 12.3 Å². The second-order valence-electron chi connectivity index (χ2n) is 1.56. The van der Waals surface area contributed by atoms with Gasteiger partial charge in [-0.15, -0.1) is 13.2 Å². The molecule has 0 amide bonds. The Morgan fingerprint density at radius 2 is 1.29 bits per heavy atom. The van der Waals surface area contributed by atoms with E-state index in [1.165, 1.54) is 0 Å². The smallest absolute Gasteiger partial charge is 0.373 e. The minimum atomic E-state index is -4.67. The van der Waals surface area contributed by atoms with Gasteiger partial charge in [0.15, 0.2) is 0 Å². The average molecular weight is 230 g/mol. The van der Waals surface area contributed by atoms with Crippen LogP contribution in [0.5, 0.6) is 0 Å². The highest BCUT2D eigenvalue weighted by Crippen LogP contribution is 1.72. The summed E-state index contributed by atoms with van der Waals surface area (Å²) < 4.78 is 36.5. The molecule has 0 unspecified atom stereocenters. The summed E-state index contributed by atoms with van der Waals surface area (Å²) in [6.45, 7) is 8.18. The molecule has 0 saturated carbocycles. The molecule has 0 aromatic rings. The van der Waals surface area contributed by atoms with E-state index in [1.54, 1.807) is 12.2 Å². The number of hydrogen-bond acceptors (Lipinski definition) is 5. The quantitative estimate of drug-likeness (QED) is 0.319. The Morgan fingerprint density at radius 3 is 1.43 bits per heavy atom. The lowest BCUT2D eigenvalue weighted by Crippen LogP contribution is -1.89. The van der Waals surface area contributed by atoms with Crippen molar-refractivity contribution < 1.29 is 22.3 Å². The number of rotatable bonds is 4. The Balaban J connectivity index is -0.0000000651. The van der Waals surface area contributed by atoms with E-state index in [1.807, 2.05) is 0 Å². The van der Waals surface area contributed by atoms with Crippen molar-refractivity contribution in [1.29, 1.82) is 0 Å². The first-order valence-corrected chi connectivity index (χ1v) is 4.31. The Kier molecular flexibility index (Phi) is 24.5. The SMILES string of the molecule is C=CCOCC=C.N.N.O=S(=O)(O)O.